The molecule has 0 fully saturated rings. The molecule has 25 heavy (non-hydrogen) atoms. The van der Waals surface area contributed by atoms with E-state index in [-0.39, 0.29) is 5.92 Å². The monoisotopic (exact) mass is 330 g/mol. The third-order valence-corrected chi connectivity index (χ3v) is 4.93. The highest BCUT2D eigenvalue weighted by Gasteiger charge is 2.48. The second-order valence-electron chi connectivity index (χ2n) is 6.22. The van der Waals surface area contributed by atoms with Crippen molar-refractivity contribution in [3.05, 3.63) is 108 Å². The van der Waals surface area contributed by atoms with Crippen LogP contribution in [0.4, 0.5) is 0 Å². The Hall–Kier alpha value is -2.87. The van der Waals surface area contributed by atoms with Gasteiger partial charge < -0.3 is 5.11 Å². The standard InChI is InChI=1S/C23H22O2/c1-2-21(18-12-6-3-7-13-18)23(22(24)25,19-14-8-4-9-15-19)20-16-10-5-11-17-20/h3-17,21H,2H2,1H3,(H,24,25). The zero-order valence-electron chi connectivity index (χ0n) is 14.3. The van der Waals surface area contributed by atoms with Gasteiger partial charge in [-0.05, 0) is 23.1 Å². The maximum absolute atomic E-state index is 12.8. The molecule has 1 atom stereocenters. The van der Waals surface area contributed by atoms with Gasteiger partial charge in [-0.1, -0.05) is 97.9 Å². The molecule has 0 heterocycles. The number of hydrogen-bond donors (Lipinski definition) is 1. The van der Waals surface area contributed by atoms with Crippen LogP contribution in [0.25, 0.3) is 0 Å². The molecule has 0 aliphatic heterocycles. The van der Waals surface area contributed by atoms with Gasteiger partial charge in [0.15, 0.2) is 0 Å². The van der Waals surface area contributed by atoms with E-state index in [0.29, 0.717) is 0 Å². The summed E-state index contributed by atoms with van der Waals surface area (Å²) in [5.41, 5.74) is 1.53. The highest BCUT2D eigenvalue weighted by atomic mass is 16.4. The van der Waals surface area contributed by atoms with Gasteiger partial charge in [-0.15, -0.1) is 0 Å². The summed E-state index contributed by atoms with van der Waals surface area (Å²) in [4.78, 5) is 12.8. The number of carboxylic acids is 1. The molecule has 0 bridgehead atoms. The van der Waals surface area contributed by atoms with Gasteiger partial charge in [-0.2, -0.15) is 0 Å². The van der Waals surface area contributed by atoms with Crippen molar-refractivity contribution in [2.24, 2.45) is 0 Å². The van der Waals surface area contributed by atoms with Crippen LogP contribution in [-0.4, -0.2) is 11.1 Å². The first-order valence-corrected chi connectivity index (χ1v) is 8.60. The smallest absolute Gasteiger partial charge is 0.319 e. The summed E-state index contributed by atoms with van der Waals surface area (Å²) in [5, 5.41) is 10.5. The van der Waals surface area contributed by atoms with E-state index in [9.17, 15) is 9.90 Å². The van der Waals surface area contributed by atoms with Crippen molar-refractivity contribution in [1.29, 1.82) is 0 Å². The molecule has 0 aliphatic carbocycles. The minimum Gasteiger partial charge on any atom is -0.480 e. The normalized spacial score (nSPS) is 12.5. The minimum atomic E-state index is -1.13. The van der Waals surface area contributed by atoms with Crippen molar-refractivity contribution in [2.75, 3.05) is 0 Å². The Labute approximate surface area is 148 Å². The Morgan fingerprint density at radius 1 is 0.800 bits per heavy atom. The van der Waals surface area contributed by atoms with Gasteiger partial charge in [-0.25, -0.2) is 0 Å². The lowest BCUT2D eigenvalue weighted by atomic mass is 9.62. The predicted octanol–water partition coefficient (Wildman–Crippen LogP) is 5.25. The molecule has 2 heteroatoms. The molecule has 3 aromatic carbocycles. The maximum Gasteiger partial charge on any atom is 0.319 e. The first-order valence-electron chi connectivity index (χ1n) is 8.60. The number of hydrogen-bond acceptors (Lipinski definition) is 1. The zero-order chi connectivity index (χ0) is 17.7. The van der Waals surface area contributed by atoms with Gasteiger partial charge in [0.2, 0.25) is 0 Å². The van der Waals surface area contributed by atoms with Crippen molar-refractivity contribution in [3.63, 3.8) is 0 Å². The summed E-state index contributed by atoms with van der Waals surface area (Å²) in [6.45, 7) is 2.06. The highest BCUT2D eigenvalue weighted by molar-refractivity contribution is 5.87. The molecule has 3 aromatic rings. The van der Waals surface area contributed by atoms with E-state index in [1.807, 2.05) is 91.0 Å². The van der Waals surface area contributed by atoms with E-state index in [1.165, 1.54) is 0 Å². The second kappa shape index (κ2) is 7.35. The van der Waals surface area contributed by atoms with E-state index >= 15 is 0 Å². The summed E-state index contributed by atoms with van der Waals surface area (Å²) < 4.78 is 0. The molecule has 0 saturated carbocycles. The number of carboxylic acid groups (broad SMARTS) is 1. The largest absolute Gasteiger partial charge is 0.480 e. The number of benzene rings is 3. The Bertz CT molecular complexity index is 771. The van der Waals surface area contributed by atoms with Crippen molar-refractivity contribution in [3.8, 4) is 0 Å². The molecule has 0 aromatic heterocycles. The Morgan fingerprint density at radius 2 is 1.20 bits per heavy atom. The van der Waals surface area contributed by atoms with Gasteiger partial charge >= 0.3 is 5.97 Å². The molecule has 2 nitrogen and oxygen atoms in total. The SMILES string of the molecule is CCC(c1ccccc1)C(C(=O)O)(c1ccccc1)c1ccccc1. The quantitative estimate of drug-likeness (QED) is 0.670. The first-order chi connectivity index (χ1) is 12.2. The lowest BCUT2D eigenvalue weighted by Gasteiger charge is -2.38. The molecular weight excluding hydrogens is 308 g/mol. The molecule has 3 rings (SSSR count). The van der Waals surface area contributed by atoms with Crippen LogP contribution in [0.5, 0.6) is 0 Å². The van der Waals surface area contributed by atoms with Gasteiger partial charge in [-0.3, -0.25) is 4.79 Å². The van der Waals surface area contributed by atoms with Crippen LogP contribution in [0.2, 0.25) is 0 Å². The molecule has 1 unspecified atom stereocenters. The third-order valence-electron chi connectivity index (χ3n) is 4.93. The molecule has 126 valence electrons. The van der Waals surface area contributed by atoms with Crippen LogP contribution < -0.4 is 0 Å². The van der Waals surface area contributed by atoms with E-state index in [4.69, 9.17) is 0 Å². The molecule has 0 amide bonds. The van der Waals surface area contributed by atoms with Gasteiger partial charge in [0.1, 0.15) is 5.41 Å². The van der Waals surface area contributed by atoms with Crippen molar-refractivity contribution >= 4 is 5.97 Å². The maximum atomic E-state index is 12.8. The van der Waals surface area contributed by atoms with E-state index in [1.54, 1.807) is 0 Å². The van der Waals surface area contributed by atoms with Crippen molar-refractivity contribution in [2.45, 2.75) is 24.7 Å². The minimum absolute atomic E-state index is 0.170. The van der Waals surface area contributed by atoms with Gasteiger partial charge in [0.05, 0.1) is 0 Å². The van der Waals surface area contributed by atoms with Crippen LogP contribution in [0.15, 0.2) is 91.0 Å². The highest BCUT2D eigenvalue weighted by Crippen LogP contribution is 2.46. The molecule has 0 saturated heterocycles. The zero-order valence-corrected chi connectivity index (χ0v) is 14.3. The van der Waals surface area contributed by atoms with E-state index < -0.39 is 11.4 Å². The summed E-state index contributed by atoms with van der Waals surface area (Å²) in [7, 11) is 0. The van der Waals surface area contributed by atoms with Gasteiger partial charge in [0, 0.05) is 5.92 Å². The summed E-state index contributed by atoms with van der Waals surface area (Å²) in [5.74, 6) is -0.989. The number of carbonyl (C=O) groups is 1. The Kier molecular flexibility index (Phi) is 4.99. The summed E-state index contributed by atoms with van der Waals surface area (Å²) in [6, 6.07) is 29.1. The average Bonchev–Trinajstić information content (AvgIpc) is 2.68. The van der Waals surface area contributed by atoms with Crippen LogP contribution in [0.3, 0.4) is 0 Å². The number of rotatable bonds is 6. The Morgan fingerprint density at radius 3 is 1.56 bits per heavy atom. The topological polar surface area (TPSA) is 37.3 Å². The molecule has 1 N–H and O–H groups in total. The second-order valence-corrected chi connectivity index (χ2v) is 6.22. The van der Waals surface area contributed by atoms with Crippen molar-refractivity contribution in [1.82, 2.24) is 0 Å². The fourth-order valence-corrected chi connectivity index (χ4v) is 3.84. The predicted molar refractivity (Wildman–Crippen MR) is 101 cm³/mol. The van der Waals surface area contributed by atoms with Gasteiger partial charge in [0.25, 0.3) is 0 Å². The molecule has 0 radical (unpaired) electrons. The third kappa shape index (κ3) is 2.96. The number of aliphatic carboxylic acids is 1. The van der Waals surface area contributed by atoms with Crippen LogP contribution in [0.1, 0.15) is 36.0 Å². The average molecular weight is 330 g/mol. The molecule has 0 aliphatic rings. The summed E-state index contributed by atoms with van der Waals surface area (Å²) in [6.07, 6.45) is 0.722. The molecular formula is C23H22O2. The molecule has 0 spiro atoms. The van der Waals surface area contributed by atoms with Crippen LogP contribution >= 0.6 is 0 Å². The lowest BCUT2D eigenvalue weighted by molar-refractivity contribution is -0.143. The van der Waals surface area contributed by atoms with E-state index in [0.717, 1.165) is 23.1 Å². The van der Waals surface area contributed by atoms with Crippen molar-refractivity contribution < 1.29 is 9.90 Å². The fraction of sp³-hybridized carbons (Fsp3) is 0.174. The Balaban J connectivity index is 2.33. The lowest BCUT2D eigenvalue weighted by Crippen LogP contribution is -2.43. The fourth-order valence-electron chi connectivity index (χ4n) is 3.84. The first kappa shape index (κ1) is 17.0. The van der Waals surface area contributed by atoms with Crippen LogP contribution in [0, 0.1) is 0 Å². The van der Waals surface area contributed by atoms with Crippen LogP contribution in [-0.2, 0) is 10.2 Å². The summed E-state index contributed by atoms with van der Waals surface area (Å²) >= 11 is 0. The van der Waals surface area contributed by atoms with E-state index in [2.05, 4.69) is 6.92 Å².